The smallest absolute Gasteiger partial charge is 0.155 e. The SMILES string of the molecule is CC(=O)C1=C(C)[C@H]2C[C@]3(C1)C(CC[C@H]3C)C2(C)C. The van der Waals surface area contributed by atoms with Crippen LogP contribution in [0.2, 0.25) is 0 Å². The third-order valence-corrected chi connectivity index (χ3v) is 6.87. The van der Waals surface area contributed by atoms with E-state index < -0.39 is 0 Å². The summed E-state index contributed by atoms with van der Waals surface area (Å²) in [6.07, 6.45) is 5.16. The van der Waals surface area contributed by atoms with Crippen LogP contribution in [0.15, 0.2) is 11.1 Å². The summed E-state index contributed by atoms with van der Waals surface area (Å²) in [6.45, 7) is 11.3. The predicted octanol–water partition coefficient (Wildman–Crippen LogP) is 4.37. The molecule has 3 aliphatic carbocycles. The van der Waals surface area contributed by atoms with Crippen LogP contribution in [-0.2, 0) is 4.79 Å². The molecular formula is C17H26O. The Balaban J connectivity index is 2.15. The van der Waals surface area contributed by atoms with Crippen molar-refractivity contribution in [2.75, 3.05) is 0 Å². The van der Waals surface area contributed by atoms with Crippen molar-refractivity contribution in [1.29, 1.82) is 0 Å². The van der Waals surface area contributed by atoms with Crippen LogP contribution < -0.4 is 0 Å². The van der Waals surface area contributed by atoms with E-state index in [1.807, 2.05) is 0 Å². The van der Waals surface area contributed by atoms with E-state index in [0.717, 1.165) is 18.3 Å². The van der Waals surface area contributed by atoms with Gasteiger partial charge in [-0.2, -0.15) is 0 Å². The van der Waals surface area contributed by atoms with Crippen molar-refractivity contribution in [3.05, 3.63) is 11.1 Å². The molecule has 4 atom stereocenters. The Hall–Kier alpha value is -0.590. The number of Topliss-reactive ketones (excluding diaryl/α,β-unsaturated/α-hetero) is 1. The van der Waals surface area contributed by atoms with E-state index in [-0.39, 0.29) is 0 Å². The molecule has 3 rings (SSSR count). The molecular weight excluding hydrogens is 220 g/mol. The summed E-state index contributed by atoms with van der Waals surface area (Å²) in [5.41, 5.74) is 3.44. The molecule has 2 bridgehead atoms. The van der Waals surface area contributed by atoms with Gasteiger partial charge in [0.05, 0.1) is 0 Å². The molecule has 0 N–H and O–H groups in total. The molecule has 0 radical (unpaired) electrons. The molecule has 0 saturated heterocycles. The number of fused-ring (bicyclic) bond motifs is 1. The van der Waals surface area contributed by atoms with Crippen molar-refractivity contribution >= 4 is 5.78 Å². The third-order valence-electron chi connectivity index (χ3n) is 6.87. The first kappa shape index (κ1) is 12.4. The van der Waals surface area contributed by atoms with E-state index in [0.29, 0.717) is 22.5 Å². The van der Waals surface area contributed by atoms with Gasteiger partial charge in [0, 0.05) is 0 Å². The highest BCUT2D eigenvalue weighted by Crippen LogP contribution is 2.72. The minimum absolute atomic E-state index is 0.326. The Morgan fingerprint density at radius 2 is 1.94 bits per heavy atom. The average Bonchev–Trinajstić information content (AvgIpc) is 2.68. The van der Waals surface area contributed by atoms with Gasteiger partial charge in [-0.1, -0.05) is 26.3 Å². The lowest BCUT2D eigenvalue weighted by atomic mass is 9.65. The molecule has 1 heteroatoms. The van der Waals surface area contributed by atoms with Crippen molar-refractivity contribution < 1.29 is 4.79 Å². The normalized spacial score (nSPS) is 45.3. The minimum atomic E-state index is 0.326. The molecule has 0 heterocycles. The maximum Gasteiger partial charge on any atom is 0.155 e. The average molecular weight is 246 g/mol. The molecule has 0 aliphatic heterocycles. The quantitative estimate of drug-likeness (QED) is 0.671. The number of ketones is 1. The fourth-order valence-electron chi connectivity index (χ4n) is 5.84. The standard InChI is InChI=1S/C17H26O/c1-10-6-7-15-16(4,5)14-9-17(10,15)8-13(11(14)2)12(3)18/h10,14-15H,6-9H2,1-5H3/t10-,14-,15?,17+/m1/s1. The zero-order chi connectivity index (χ0) is 13.3. The van der Waals surface area contributed by atoms with E-state index in [1.165, 1.54) is 30.4 Å². The van der Waals surface area contributed by atoms with Crippen LogP contribution in [-0.4, -0.2) is 5.78 Å². The highest BCUT2D eigenvalue weighted by molar-refractivity contribution is 5.94. The van der Waals surface area contributed by atoms with Gasteiger partial charge in [0.15, 0.2) is 5.78 Å². The first-order valence-corrected chi connectivity index (χ1v) is 7.51. The van der Waals surface area contributed by atoms with Gasteiger partial charge in [-0.25, -0.2) is 0 Å². The summed E-state index contributed by atoms with van der Waals surface area (Å²) < 4.78 is 0. The minimum Gasteiger partial charge on any atom is -0.295 e. The molecule has 2 saturated carbocycles. The van der Waals surface area contributed by atoms with Gasteiger partial charge in [-0.15, -0.1) is 0 Å². The van der Waals surface area contributed by atoms with Crippen LogP contribution in [0, 0.1) is 28.6 Å². The number of hydrogen-bond acceptors (Lipinski definition) is 1. The van der Waals surface area contributed by atoms with Gasteiger partial charge in [-0.3, -0.25) is 4.79 Å². The van der Waals surface area contributed by atoms with Crippen molar-refractivity contribution in [2.45, 2.75) is 60.3 Å². The monoisotopic (exact) mass is 246 g/mol. The van der Waals surface area contributed by atoms with E-state index in [4.69, 9.17) is 0 Å². The molecule has 100 valence electrons. The third kappa shape index (κ3) is 1.26. The summed E-state index contributed by atoms with van der Waals surface area (Å²) >= 11 is 0. The second-order valence-corrected chi connectivity index (χ2v) is 7.74. The number of rotatable bonds is 1. The van der Waals surface area contributed by atoms with Crippen LogP contribution in [0.3, 0.4) is 0 Å². The summed E-state index contributed by atoms with van der Waals surface area (Å²) in [5, 5.41) is 0. The lowest BCUT2D eigenvalue weighted by Crippen LogP contribution is -2.32. The first-order valence-electron chi connectivity index (χ1n) is 7.51. The molecule has 0 amide bonds. The van der Waals surface area contributed by atoms with Crippen LogP contribution in [0.4, 0.5) is 0 Å². The topological polar surface area (TPSA) is 17.1 Å². The predicted molar refractivity (Wildman–Crippen MR) is 74.2 cm³/mol. The Bertz CT molecular complexity index is 443. The van der Waals surface area contributed by atoms with E-state index in [1.54, 1.807) is 6.92 Å². The van der Waals surface area contributed by atoms with Gasteiger partial charge in [0.2, 0.25) is 0 Å². The van der Waals surface area contributed by atoms with Crippen LogP contribution >= 0.6 is 0 Å². The second kappa shape index (κ2) is 3.49. The number of hydrogen-bond donors (Lipinski definition) is 0. The molecule has 1 nitrogen and oxygen atoms in total. The number of carbonyl (C=O) groups excluding carboxylic acids is 1. The molecule has 1 spiro atoms. The van der Waals surface area contributed by atoms with Crippen molar-refractivity contribution in [3.63, 3.8) is 0 Å². The fourth-order valence-corrected chi connectivity index (χ4v) is 5.84. The molecule has 1 unspecified atom stereocenters. The van der Waals surface area contributed by atoms with E-state index in [2.05, 4.69) is 27.7 Å². The zero-order valence-electron chi connectivity index (χ0n) is 12.5. The molecule has 0 aromatic heterocycles. The summed E-state index contributed by atoms with van der Waals surface area (Å²) in [6, 6.07) is 0. The number of carbonyl (C=O) groups is 1. The van der Waals surface area contributed by atoms with Gasteiger partial charge in [-0.05, 0) is 73.7 Å². The Morgan fingerprint density at radius 3 is 2.56 bits per heavy atom. The Kier molecular flexibility index (Phi) is 2.41. The van der Waals surface area contributed by atoms with Crippen molar-refractivity contribution in [1.82, 2.24) is 0 Å². The molecule has 18 heavy (non-hydrogen) atoms. The second-order valence-electron chi connectivity index (χ2n) is 7.74. The summed E-state index contributed by atoms with van der Waals surface area (Å²) in [4.78, 5) is 12.0. The van der Waals surface area contributed by atoms with Crippen LogP contribution in [0.5, 0.6) is 0 Å². The van der Waals surface area contributed by atoms with Crippen LogP contribution in [0.25, 0.3) is 0 Å². The maximum atomic E-state index is 12.0. The van der Waals surface area contributed by atoms with Crippen molar-refractivity contribution in [2.24, 2.45) is 28.6 Å². The lowest BCUT2D eigenvalue weighted by Gasteiger charge is -2.38. The van der Waals surface area contributed by atoms with Gasteiger partial charge < -0.3 is 0 Å². The van der Waals surface area contributed by atoms with Gasteiger partial charge in [0.1, 0.15) is 0 Å². The van der Waals surface area contributed by atoms with Crippen LogP contribution in [0.1, 0.15) is 60.3 Å². The highest BCUT2D eigenvalue weighted by atomic mass is 16.1. The molecule has 0 aromatic carbocycles. The van der Waals surface area contributed by atoms with Gasteiger partial charge >= 0.3 is 0 Å². The van der Waals surface area contributed by atoms with Gasteiger partial charge in [0.25, 0.3) is 0 Å². The lowest BCUT2D eigenvalue weighted by molar-refractivity contribution is -0.114. The van der Waals surface area contributed by atoms with E-state index >= 15 is 0 Å². The van der Waals surface area contributed by atoms with Crippen molar-refractivity contribution in [3.8, 4) is 0 Å². The summed E-state index contributed by atoms with van der Waals surface area (Å²) in [5.74, 6) is 2.61. The number of allylic oxidation sites excluding steroid dienone is 2. The molecule has 3 aliphatic rings. The molecule has 2 fully saturated rings. The largest absolute Gasteiger partial charge is 0.295 e. The first-order chi connectivity index (χ1) is 8.30. The molecule has 0 aromatic rings. The Morgan fingerprint density at radius 1 is 1.28 bits per heavy atom. The van der Waals surface area contributed by atoms with E-state index in [9.17, 15) is 4.79 Å². The highest BCUT2D eigenvalue weighted by Gasteiger charge is 2.64. The maximum absolute atomic E-state index is 12.0. The fraction of sp³-hybridized carbons (Fsp3) is 0.824. The zero-order valence-corrected chi connectivity index (χ0v) is 12.5. The summed E-state index contributed by atoms with van der Waals surface area (Å²) in [7, 11) is 0. The Labute approximate surface area is 111 Å².